The summed E-state index contributed by atoms with van der Waals surface area (Å²) in [5, 5.41) is 5.11. The molecule has 0 heterocycles. The maximum Gasteiger partial charge on any atom is 0.240 e. The van der Waals surface area contributed by atoms with Crippen molar-refractivity contribution in [1.29, 1.82) is 0 Å². The number of likely N-dealkylation sites (N-methyl/N-ethyl adjacent to an activating group) is 1. The fraction of sp³-hybridized carbons (Fsp3) is 0.333. The van der Waals surface area contributed by atoms with E-state index in [0.717, 1.165) is 0 Å². The van der Waals surface area contributed by atoms with Crippen LogP contribution in [0, 0.1) is 0 Å². The molecule has 84 valence electrons. The third kappa shape index (κ3) is 2.92. The van der Waals surface area contributed by atoms with Gasteiger partial charge in [-0.25, -0.2) is 13.6 Å². The van der Waals surface area contributed by atoms with Crippen LogP contribution < -0.4 is 15.8 Å². The fourth-order valence-electron chi connectivity index (χ4n) is 1.33. The van der Waals surface area contributed by atoms with Gasteiger partial charge in [0.1, 0.15) is 4.90 Å². The summed E-state index contributed by atoms with van der Waals surface area (Å²) in [5.41, 5.74) is 5.98. The predicted octanol–water partition coefficient (Wildman–Crippen LogP) is -0.271. The van der Waals surface area contributed by atoms with Gasteiger partial charge in [-0.2, -0.15) is 0 Å². The van der Waals surface area contributed by atoms with Gasteiger partial charge in [0.05, 0.1) is 5.69 Å². The van der Waals surface area contributed by atoms with Crippen molar-refractivity contribution in [3.8, 4) is 0 Å². The minimum Gasteiger partial charge on any atom is -0.372 e. The molecule has 0 spiro atoms. The number of anilines is 1. The average Bonchev–Trinajstić information content (AvgIpc) is 2.17. The molecule has 0 unspecified atom stereocenters. The first-order chi connectivity index (χ1) is 6.96. The summed E-state index contributed by atoms with van der Waals surface area (Å²) in [6, 6.07) is 6.59. The standard InChI is InChI=1S/C9H15N3O2S/c1-12(7-6-10)8-4-2-3-5-9(8)15(11,13)14/h2-5H,6-7,10H2,1H3,(H2,11,13,14). The molecule has 0 atom stereocenters. The van der Waals surface area contributed by atoms with Crippen LogP contribution in [-0.2, 0) is 10.0 Å². The van der Waals surface area contributed by atoms with Crippen LogP contribution in [0.5, 0.6) is 0 Å². The van der Waals surface area contributed by atoms with Gasteiger partial charge in [-0.15, -0.1) is 0 Å². The first kappa shape index (κ1) is 12.0. The van der Waals surface area contributed by atoms with Crippen LogP contribution in [-0.4, -0.2) is 28.6 Å². The molecule has 0 radical (unpaired) electrons. The molecule has 0 bridgehead atoms. The summed E-state index contributed by atoms with van der Waals surface area (Å²) in [6.07, 6.45) is 0. The number of nitrogens with zero attached hydrogens (tertiary/aromatic N) is 1. The van der Waals surface area contributed by atoms with Crippen LogP contribution in [0.1, 0.15) is 0 Å². The zero-order valence-corrected chi connectivity index (χ0v) is 9.37. The molecule has 1 aromatic carbocycles. The van der Waals surface area contributed by atoms with E-state index in [1.54, 1.807) is 30.1 Å². The number of sulfonamides is 1. The molecular formula is C9H15N3O2S. The van der Waals surface area contributed by atoms with Crippen molar-refractivity contribution < 1.29 is 8.42 Å². The summed E-state index contributed by atoms with van der Waals surface area (Å²) in [5.74, 6) is 0. The van der Waals surface area contributed by atoms with Gasteiger partial charge < -0.3 is 10.6 Å². The predicted molar refractivity (Wildman–Crippen MR) is 60.1 cm³/mol. The van der Waals surface area contributed by atoms with Crippen molar-refractivity contribution in [3.63, 3.8) is 0 Å². The minimum absolute atomic E-state index is 0.126. The third-order valence-electron chi connectivity index (χ3n) is 2.05. The molecule has 0 aromatic heterocycles. The largest absolute Gasteiger partial charge is 0.372 e. The highest BCUT2D eigenvalue weighted by molar-refractivity contribution is 7.89. The molecule has 0 aliphatic heterocycles. The Morgan fingerprint density at radius 3 is 2.47 bits per heavy atom. The number of primary sulfonamides is 1. The van der Waals surface area contributed by atoms with E-state index < -0.39 is 10.0 Å². The highest BCUT2D eigenvalue weighted by Gasteiger charge is 2.15. The van der Waals surface area contributed by atoms with Crippen molar-refractivity contribution in [2.45, 2.75) is 4.90 Å². The molecule has 1 aromatic rings. The first-order valence-corrected chi connectivity index (χ1v) is 6.04. The number of hydrogen-bond acceptors (Lipinski definition) is 4. The van der Waals surface area contributed by atoms with Crippen LogP contribution in [0.15, 0.2) is 29.2 Å². The van der Waals surface area contributed by atoms with Crippen LogP contribution in [0.25, 0.3) is 0 Å². The van der Waals surface area contributed by atoms with Crippen LogP contribution >= 0.6 is 0 Å². The zero-order valence-electron chi connectivity index (χ0n) is 8.55. The lowest BCUT2D eigenvalue weighted by atomic mass is 10.3. The van der Waals surface area contributed by atoms with Gasteiger partial charge in [-0.05, 0) is 12.1 Å². The fourth-order valence-corrected chi connectivity index (χ4v) is 2.11. The summed E-state index contributed by atoms with van der Waals surface area (Å²) in [7, 11) is -1.90. The van der Waals surface area contributed by atoms with Gasteiger partial charge in [0.25, 0.3) is 0 Å². The quantitative estimate of drug-likeness (QED) is 0.743. The molecule has 1 rings (SSSR count). The van der Waals surface area contributed by atoms with Gasteiger partial charge in [0.15, 0.2) is 0 Å². The highest BCUT2D eigenvalue weighted by atomic mass is 32.2. The summed E-state index contributed by atoms with van der Waals surface area (Å²) in [6.45, 7) is 1.03. The first-order valence-electron chi connectivity index (χ1n) is 4.50. The smallest absolute Gasteiger partial charge is 0.240 e. The van der Waals surface area contributed by atoms with Gasteiger partial charge in [0, 0.05) is 20.1 Å². The second kappa shape index (κ2) is 4.61. The number of hydrogen-bond donors (Lipinski definition) is 2. The maximum atomic E-state index is 11.3. The average molecular weight is 229 g/mol. The van der Waals surface area contributed by atoms with Crippen molar-refractivity contribution in [2.75, 3.05) is 25.0 Å². The highest BCUT2D eigenvalue weighted by Crippen LogP contribution is 2.22. The second-order valence-electron chi connectivity index (χ2n) is 3.22. The van der Waals surface area contributed by atoms with Crippen molar-refractivity contribution in [1.82, 2.24) is 0 Å². The van der Waals surface area contributed by atoms with E-state index in [0.29, 0.717) is 18.8 Å². The Morgan fingerprint density at radius 2 is 1.93 bits per heavy atom. The van der Waals surface area contributed by atoms with Gasteiger partial charge in [0.2, 0.25) is 10.0 Å². The number of rotatable bonds is 4. The van der Waals surface area contributed by atoms with E-state index in [1.807, 2.05) is 0 Å². The van der Waals surface area contributed by atoms with E-state index >= 15 is 0 Å². The molecular weight excluding hydrogens is 214 g/mol. The third-order valence-corrected chi connectivity index (χ3v) is 3.01. The maximum absolute atomic E-state index is 11.3. The Balaban J connectivity index is 3.18. The molecule has 0 saturated heterocycles. The Hall–Kier alpha value is -1.11. The summed E-state index contributed by atoms with van der Waals surface area (Å²) < 4.78 is 22.6. The van der Waals surface area contributed by atoms with E-state index in [1.165, 1.54) is 6.07 Å². The van der Waals surface area contributed by atoms with E-state index in [9.17, 15) is 8.42 Å². The molecule has 15 heavy (non-hydrogen) atoms. The van der Waals surface area contributed by atoms with E-state index in [2.05, 4.69) is 0 Å². The molecule has 6 heteroatoms. The lowest BCUT2D eigenvalue weighted by Crippen LogP contribution is -2.27. The van der Waals surface area contributed by atoms with Crippen molar-refractivity contribution >= 4 is 15.7 Å². The SMILES string of the molecule is CN(CCN)c1ccccc1S(N)(=O)=O. The Morgan fingerprint density at radius 1 is 1.33 bits per heavy atom. The molecule has 5 nitrogen and oxygen atoms in total. The Bertz CT molecular complexity index is 431. The van der Waals surface area contributed by atoms with Crippen molar-refractivity contribution in [3.05, 3.63) is 24.3 Å². The lowest BCUT2D eigenvalue weighted by molar-refractivity contribution is 0.597. The van der Waals surface area contributed by atoms with Crippen molar-refractivity contribution in [2.24, 2.45) is 10.9 Å². The lowest BCUT2D eigenvalue weighted by Gasteiger charge is -2.20. The monoisotopic (exact) mass is 229 g/mol. The van der Waals surface area contributed by atoms with E-state index in [4.69, 9.17) is 10.9 Å². The second-order valence-corrected chi connectivity index (χ2v) is 4.75. The molecule has 0 aliphatic carbocycles. The van der Waals surface area contributed by atoms with Gasteiger partial charge >= 0.3 is 0 Å². The molecule has 4 N–H and O–H groups in total. The number of para-hydroxylation sites is 1. The molecule has 0 fully saturated rings. The molecule has 0 amide bonds. The number of benzene rings is 1. The van der Waals surface area contributed by atoms with Crippen LogP contribution in [0.4, 0.5) is 5.69 Å². The molecule has 0 saturated carbocycles. The minimum atomic E-state index is -3.68. The molecule has 0 aliphatic rings. The van der Waals surface area contributed by atoms with Gasteiger partial charge in [-0.3, -0.25) is 0 Å². The van der Waals surface area contributed by atoms with E-state index in [-0.39, 0.29) is 4.90 Å². The Kier molecular flexibility index (Phi) is 3.67. The number of nitrogens with two attached hydrogens (primary N) is 2. The zero-order chi connectivity index (χ0) is 11.5. The Labute approximate surface area is 89.7 Å². The normalized spacial score (nSPS) is 11.4. The van der Waals surface area contributed by atoms with Crippen LogP contribution in [0.3, 0.4) is 0 Å². The van der Waals surface area contributed by atoms with Gasteiger partial charge in [-0.1, -0.05) is 12.1 Å². The summed E-state index contributed by atoms with van der Waals surface area (Å²) in [4.78, 5) is 1.89. The topological polar surface area (TPSA) is 89.4 Å². The van der Waals surface area contributed by atoms with Crippen LogP contribution in [0.2, 0.25) is 0 Å². The summed E-state index contributed by atoms with van der Waals surface area (Å²) >= 11 is 0.